The largest absolute Gasteiger partial charge is 0.321 e. The first kappa shape index (κ1) is 15.4. The molecule has 0 spiro atoms. The number of aromatic nitrogens is 2. The highest BCUT2D eigenvalue weighted by molar-refractivity contribution is 7.08. The Morgan fingerprint density at radius 2 is 1.65 bits per heavy atom. The van der Waals surface area contributed by atoms with E-state index in [1.54, 1.807) is 0 Å². The Kier molecular flexibility index (Phi) is 4.21. The van der Waals surface area contributed by atoms with Gasteiger partial charge >= 0.3 is 0 Å². The molecule has 5 heteroatoms. The Hall–Kier alpha value is -2.53. The zero-order chi connectivity index (χ0) is 16.4. The highest BCUT2D eigenvalue weighted by atomic mass is 32.1. The van der Waals surface area contributed by atoms with Gasteiger partial charge in [0.25, 0.3) is 5.91 Å². The van der Waals surface area contributed by atoms with Crippen LogP contribution in [0.4, 0.5) is 5.69 Å². The number of aryl methyl sites for hydroxylation is 3. The highest BCUT2D eigenvalue weighted by Gasteiger charge is 2.19. The maximum absolute atomic E-state index is 12.7. The number of hydrogen-bond donors (Lipinski definition) is 1. The Balaban J connectivity index is 1.92. The van der Waals surface area contributed by atoms with Crippen LogP contribution in [0.5, 0.6) is 0 Å². The summed E-state index contributed by atoms with van der Waals surface area (Å²) < 4.78 is 3.96. The van der Waals surface area contributed by atoms with Crippen LogP contribution in [0.2, 0.25) is 0 Å². The molecule has 0 aliphatic rings. The van der Waals surface area contributed by atoms with Gasteiger partial charge in [-0.05, 0) is 43.4 Å². The van der Waals surface area contributed by atoms with Gasteiger partial charge in [-0.25, -0.2) is 0 Å². The molecule has 23 heavy (non-hydrogen) atoms. The molecule has 0 fully saturated rings. The van der Waals surface area contributed by atoms with Crippen molar-refractivity contribution in [2.24, 2.45) is 0 Å². The minimum Gasteiger partial charge on any atom is -0.321 e. The van der Waals surface area contributed by atoms with Gasteiger partial charge in [0, 0.05) is 11.3 Å². The molecule has 0 saturated carbocycles. The number of hydrogen-bond acceptors (Lipinski definition) is 4. The molecule has 3 aromatic rings. The lowest BCUT2D eigenvalue weighted by atomic mass is 10.1. The smallest absolute Gasteiger partial charge is 0.269 e. The monoisotopic (exact) mass is 323 g/mol. The van der Waals surface area contributed by atoms with Crippen LogP contribution in [-0.4, -0.2) is 15.5 Å². The maximum atomic E-state index is 12.7. The summed E-state index contributed by atoms with van der Waals surface area (Å²) in [7, 11) is 0. The van der Waals surface area contributed by atoms with Crippen molar-refractivity contribution in [3.05, 3.63) is 64.0 Å². The third-order valence-electron chi connectivity index (χ3n) is 3.74. The van der Waals surface area contributed by atoms with Gasteiger partial charge in [0.1, 0.15) is 10.6 Å². The molecule has 1 heterocycles. The van der Waals surface area contributed by atoms with Gasteiger partial charge in [-0.1, -0.05) is 52.5 Å². The van der Waals surface area contributed by atoms with Gasteiger partial charge < -0.3 is 5.32 Å². The Bertz CT molecular complexity index is 833. The molecule has 0 saturated heterocycles. The van der Waals surface area contributed by atoms with E-state index in [9.17, 15) is 4.79 Å². The maximum Gasteiger partial charge on any atom is 0.269 e. The van der Waals surface area contributed by atoms with E-state index in [0.717, 1.165) is 33.9 Å². The summed E-state index contributed by atoms with van der Waals surface area (Å²) in [5.74, 6) is -0.173. The van der Waals surface area contributed by atoms with E-state index in [2.05, 4.69) is 14.9 Å². The lowest BCUT2D eigenvalue weighted by Crippen LogP contribution is -2.13. The average Bonchev–Trinajstić information content (AvgIpc) is 3.01. The van der Waals surface area contributed by atoms with Gasteiger partial charge in [0.05, 0.1) is 0 Å². The Morgan fingerprint density at radius 3 is 2.30 bits per heavy atom. The topological polar surface area (TPSA) is 54.9 Å². The van der Waals surface area contributed by atoms with Crippen LogP contribution in [0.1, 0.15) is 26.4 Å². The van der Waals surface area contributed by atoms with E-state index in [-0.39, 0.29) is 5.91 Å². The fourth-order valence-corrected chi connectivity index (χ4v) is 3.01. The van der Waals surface area contributed by atoms with E-state index in [4.69, 9.17) is 0 Å². The van der Waals surface area contributed by atoms with Crippen LogP contribution < -0.4 is 5.32 Å². The number of para-hydroxylation sites is 1. The lowest BCUT2D eigenvalue weighted by molar-refractivity contribution is 0.103. The standard InChI is InChI=1S/C18H17N3OS/c1-11-7-9-14(10-8-11)16-17(23-21-20-16)18(22)19-15-12(2)5-4-6-13(15)3/h4-10H,1-3H3,(H,19,22). The number of nitrogens with zero attached hydrogens (tertiary/aromatic N) is 2. The van der Waals surface area contributed by atoms with Crippen LogP contribution in [-0.2, 0) is 0 Å². The van der Waals surface area contributed by atoms with Gasteiger partial charge in [-0.15, -0.1) is 5.10 Å². The second-order valence-electron chi connectivity index (χ2n) is 5.54. The minimum atomic E-state index is -0.173. The molecular formula is C18H17N3OS. The van der Waals surface area contributed by atoms with E-state index in [0.29, 0.717) is 10.6 Å². The first-order valence-corrected chi connectivity index (χ1v) is 8.10. The first-order valence-electron chi connectivity index (χ1n) is 7.33. The number of carbonyl (C=O) groups is 1. The predicted molar refractivity (Wildman–Crippen MR) is 94.0 cm³/mol. The molecular weight excluding hydrogens is 306 g/mol. The second kappa shape index (κ2) is 6.30. The zero-order valence-corrected chi connectivity index (χ0v) is 14.1. The molecule has 4 nitrogen and oxygen atoms in total. The summed E-state index contributed by atoms with van der Waals surface area (Å²) >= 11 is 1.11. The SMILES string of the molecule is Cc1ccc(-c2nnsc2C(=O)Nc2c(C)cccc2C)cc1. The molecule has 1 amide bonds. The van der Waals surface area contributed by atoms with Crippen molar-refractivity contribution in [1.82, 2.24) is 9.59 Å². The first-order chi connectivity index (χ1) is 11.1. The van der Waals surface area contributed by atoms with Crippen molar-refractivity contribution in [2.75, 3.05) is 5.32 Å². The number of rotatable bonds is 3. The normalized spacial score (nSPS) is 10.6. The van der Waals surface area contributed by atoms with Crippen molar-refractivity contribution >= 4 is 23.1 Å². The minimum absolute atomic E-state index is 0.173. The fraction of sp³-hybridized carbons (Fsp3) is 0.167. The summed E-state index contributed by atoms with van der Waals surface area (Å²) in [6.45, 7) is 5.99. The van der Waals surface area contributed by atoms with Crippen molar-refractivity contribution in [3.63, 3.8) is 0 Å². The molecule has 0 unspecified atom stereocenters. The summed E-state index contributed by atoms with van der Waals surface area (Å²) in [5.41, 5.74) is 5.61. The summed E-state index contributed by atoms with van der Waals surface area (Å²) in [6.07, 6.45) is 0. The quantitative estimate of drug-likeness (QED) is 0.778. The number of anilines is 1. The zero-order valence-electron chi connectivity index (χ0n) is 13.3. The van der Waals surface area contributed by atoms with Crippen molar-refractivity contribution in [3.8, 4) is 11.3 Å². The molecule has 1 aromatic heterocycles. The van der Waals surface area contributed by atoms with E-state index in [1.807, 2.05) is 63.2 Å². The number of amides is 1. The molecule has 3 rings (SSSR count). The molecule has 0 aliphatic heterocycles. The third kappa shape index (κ3) is 3.14. The van der Waals surface area contributed by atoms with Crippen molar-refractivity contribution < 1.29 is 4.79 Å². The van der Waals surface area contributed by atoms with E-state index in [1.165, 1.54) is 5.56 Å². The molecule has 0 atom stereocenters. The van der Waals surface area contributed by atoms with Crippen LogP contribution in [0.15, 0.2) is 42.5 Å². The van der Waals surface area contributed by atoms with Gasteiger partial charge in [0.2, 0.25) is 0 Å². The molecule has 1 N–H and O–H groups in total. The third-order valence-corrected chi connectivity index (χ3v) is 4.46. The molecule has 0 radical (unpaired) electrons. The highest BCUT2D eigenvalue weighted by Crippen LogP contribution is 2.26. The summed E-state index contributed by atoms with van der Waals surface area (Å²) in [4.78, 5) is 13.2. The predicted octanol–water partition coefficient (Wildman–Crippen LogP) is 4.38. The van der Waals surface area contributed by atoms with E-state index < -0.39 is 0 Å². The fourth-order valence-electron chi connectivity index (χ4n) is 2.42. The van der Waals surface area contributed by atoms with Crippen molar-refractivity contribution in [2.45, 2.75) is 20.8 Å². The van der Waals surface area contributed by atoms with Crippen LogP contribution >= 0.6 is 11.5 Å². The molecule has 2 aromatic carbocycles. The van der Waals surface area contributed by atoms with Gasteiger partial charge in [0.15, 0.2) is 0 Å². The number of carbonyl (C=O) groups excluding carboxylic acids is 1. The van der Waals surface area contributed by atoms with Crippen LogP contribution in [0, 0.1) is 20.8 Å². The number of benzene rings is 2. The summed E-state index contributed by atoms with van der Waals surface area (Å²) in [6, 6.07) is 13.9. The second-order valence-corrected chi connectivity index (χ2v) is 6.29. The van der Waals surface area contributed by atoms with Crippen LogP contribution in [0.25, 0.3) is 11.3 Å². The lowest BCUT2D eigenvalue weighted by Gasteiger charge is -2.11. The molecule has 0 bridgehead atoms. The van der Waals surface area contributed by atoms with Crippen LogP contribution in [0.3, 0.4) is 0 Å². The Labute approximate surface area is 139 Å². The average molecular weight is 323 g/mol. The number of nitrogens with one attached hydrogen (secondary N) is 1. The molecule has 0 aliphatic carbocycles. The summed E-state index contributed by atoms with van der Waals surface area (Å²) in [5, 5.41) is 7.13. The molecule has 116 valence electrons. The van der Waals surface area contributed by atoms with E-state index >= 15 is 0 Å². The Morgan fingerprint density at radius 1 is 1.00 bits per heavy atom. The van der Waals surface area contributed by atoms with Crippen molar-refractivity contribution in [1.29, 1.82) is 0 Å². The van der Waals surface area contributed by atoms with Gasteiger partial charge in [-0.3, -0.25) is 4.79 Å². The van der Waals surface area contributed by atoms with Gasteiger partial charge in [-0.2, -0.15) is 0 Å².